The van der Waals surface area contributed by atoms with Gasteiger partial charge in [-0.3, -0.25) is 9.59 Å². The molecule has 6 heteroatoms. The second kappa shape index (κ2) is 7.56. The van der Waals surface area contributed by atoms with Crippen molar-refractivity contribution in [2.45, 2.75) is 6.92 Å². The minimum Gasteiger partial charge on any atom is -0.360 e. The second-order valence-electron chi connectivity index (χ2n) is 5.54. The first kappa shape index (κ1) is 16.7. The Bertz CT molecular complexity index is 650. The maximum absolute atomic E-state index is 12.3. The van der Waals surface area contributed by atoms with Crippen molar-refractivity contribution < 1.29 is 9.59 Å². The van der Waals surface area contributed by atoms with E-state index in [4.69, 9.17) is 0 Å². The number of hydrogen-bond acceptors (Lipinski definition) is 5. The number of likely N-dealkylation sites (N-methyl/N-ethyl adjacent to an activating group) is 1. The van der Waals surface area contributed by atoms with E-state index in [1.807, 2.05) is 13.1 Å². The van der Waals surface area contributed by atoms with Gasteiger partial charge >= 0.3 is 0 Å². The number of rotatable bonds is 4. The number of piperazine rings is 1. The average molecular weight is 312 g/mol. The summed E-state index contributed by atoms with van der Waals surface area (Å²) < 4.78 is 0. The van der Waals surface area contributed by atoms with Gasteiger partial charge < -0.3 is 15.1 Å². The van der Waals surface area contributed by atoms with Crippen molar-refractivity contribution in [3.8, 4) is 6.07 Å². The summed E-state index contributed by atoms with van der Waals surface area (Å²) in [7, 11) is 2.01. The van der Waals surface area contributed by atoms with Gasteiger partial charge in [-0.05, 0) is 38.2 Å². The molecule has 0 spiro atoms. The SMILES string of the molecule is CC(=O)c1ccc(N/C=C(/C#N)C(=O)N2CCN(C)CC2)cc1. The summed E-state index contributed by atoms with van der Waals surface area (Å²) in [5, 5.41) is 12.1. The molecule has 0 radical (unpaired) electrons. The molecule has 1 aromatic carbocycles. The average Bonchev–Trinajstić information content (AvgIpc) is 2.56. The fraction of sp³-hybridized carbons (Fsp3) is 0.353. The first-order valence-electron chi connectivity index (χ1n) is 7.47. The van der Waals surface area contributed by atoms with Crippen molar-refractivity contribution >= 4 is 17.4 Å². The molecule has 1 N–H and O–H groups in total. The largest absolute Gasteiger partial charge is 0.360 e. The summed E-state index contributed by atoms with van der Waals surface area (Å²) in [5.41, 5.74) is 1.41. The van der Waals surface area contributed by atoms with Crippen LogP contribution >= 0.6 is 0 Å². The Balaban J connectivity index is 2.02. The van der Waals surface area contributed by atoms with Gasteiger partial charge in [0.15, 0.2) is 5.78 Å². The summed E-state index contributed by atoms with van der Waals surface area (Å²) in [5.74, 6) is -0.261. The molecule has 1 heterocycles. The molecule has 2 rings (SSSR count). The van der Waals surface area contributed by atoms with Crippen molar-refractivity contribution in [3.05, 3.63) is 41.6 Å². The van der Waals surface area contributed by atoms with Crippen LogP contribution in [0.1, 0.15) is 17.3 Å². The van der Waals surface area contributed by atoms with E-state index in [0.29, 0.717) is 24.3 Å². The monoisotopic (exact) mass is 312 g/mol. The highest BCUT2D eigenvalue weighted by Crippen LogP contribution is 2.12. The molecule has 6 nitrogen and oxygen atoms in total. The Morgan fingerprint density at radius 1 is 1.17 bits per heavy atom. The number of ketones is 1. The number of nitrogens with one attached hydrogen (secondary N) is 1. The number of amides is 1. The van der Waals surface area contributed by atoms with Crippen LogP contribution in [-0.2, 0) is 4.79 Å². The molecular formula is C17H20N4O2. The molecule has 1 fully saturated rings. The fourth-order valence-corrected chi connectivity index (χ4v) is 2.28. The topological polar surface area (TPSA) is 76.4 Å². The lowest BCUT2D eigenvalue weighted by Crippen LogP contribution is -2.47. The van der Waals surface area contributed by atoms with Crippen molar-refractivity contribution in [2.75, 3.05) is 38.5 Å². The highest BCUT2D eigenvalue weighted by molar-refractivity contribution is 5.97. The van der Waals surface area contributed by atoms with E-state index in [0.717, 1.165) is 13.1 Å². The number of benzene rings is 1. The Labute approximate surface area is 136 Å². The van der Waals surface area contributed by atoms with Gasteiger partial charge in [0.05, 0.1) is 0 Å². The van der Waals surface area contributed by atoms with E-state index in [1.54, 1.807) is 29.2 Å². The van der Waals surface area contributed by atoms with Gasteiger partial charge in [-0.1, -0.05) is 0 Å². The summed E-state index contributed by atoms with van der Waals surface area (Å²) in [4.78, 5) is 27.4. The van der Waals surface area contributed by atoms with Crippen molar-refractivity contribution in [1.82, 2.24) is 9.80 Å². The van der Waals surface area contributed by atoms with Crippen LogP contribution in [0.3, 0.4) is 0 Å². The molecule has 23 heavy (non-hydrogen) atoms. The zero-order valence-corrected chi connectivity index (χ0v) is 13.4. The van der Waals surface area contributed by atoms with E-state index in [9.17, 15) is 14.9 Å². The Hall–Kier alpha value is -2.65. The van der Waals surface area contributed by atoms with Crippen molar-refractivity contribution in [3.63, 3.8) is 0 Å². The minimum absolute atomic E-state index is 0.00458. The Kier molecular flexibility index (Phi) is 5.50. The Morgan fingerprint density at radius 2 is 1.78 bits per heavy atom. The highest BCUT2D eigenvalue weighted by Gasteiger charge is 2.22. The molecule has 1 saturated heterocycles. The summed E-state index contributed by atoms with van der Waals surface area (Å²) in [6, 6.07) is 8.83. The molecule has 1 aromatic rings. The smallest absolute Gasteiger partial charge is 0.266 e. The maximum Gasteiger partial charge on any atom is 0.266 e. The third-order valence-electron chi connectivity index (χ3n) is 3.82. The first-order chi connectivity index (χ1) is 11.0. The lowest BCUT2D eigenvalue weighted by atomic mass is 10.1. The van der Waals surface area contributed by atoms with Crippen LogP contribution < -0.4 is 5.32 Å². The van der Waals surface area contributed by atoms with Gasteiger partial charge in [-0.15, -0.1) is 0 Å². The van der Waals surface area contributed by atoms with Gasteiger partial charge in [-0.25, -0.2) is 0 Å². The van der Waals surface area contributed by atoms with E-state index < -0.39 is 0 Å². The third-order valence-corrected chi connectivity index (χ3v) is 3.82. The van der Waals surface area contributed by atoms with Crippen molar-refractivity contribution in [2.24, 2.45) is 0 Å². The number of nitriles is 1. The van der Waals surface area contributed by atoms with E-state index >= 15 is 0 Å². The van der Waals surface area contributed by atoms with Crippen LogP contribution in [0.25, 0.3) is 0 Å². The van der Waals surface area contributed by atoms with Gasteiger partial charge in [0.2, 0.25) is 0 Å². The predicted octanol–water partition coefficient (Wildman–Crippen LogP) is 1.48. The lowest BCUT2D eigenvalue weighted by molar-refractivity contribution is -0.128. The van der Waals surface area contributed by atoms with Crippen molar-refractivity contribution in [1.29, 1.82) is 5.26 Å². The molecule has 0 aromatic heterocycles. The fourth-order valence-electron chi connectivity index (χ4n) is 2.28. The molecule has 0 bridgehead atoms. The molecule has 0 atom stereocenters. The summed E-state index contributed by atoms with van der Waals surface area (Å²) in [6.45, 7) is 4.38. The standard InChI is InChI=1S/C17H20N4O2/c1-13(22)14-3-5-16(6-4-14)19-12-15(11-18)17(23)21-9-7-20(2)8-10-21/h3-6,12,19H,7-10H2,1-2H3/b15-12-. The summed E-state index contributed by atoms with van der Waals surface area (Å²) in [6.07, 6.45) is 1.42. The number of carbonyl (C=O) groups is 2. The van der Waals surface area contributed by atoms with Crippen LogP contribution in [0.4, 0.5) is 5.69 Å². The van der Waals surface area contributed by atoms with Crippen LogP contribution in [-0.4, -0.2) is 54.7 Å². The Morgan fingerprint density at radius 3 is 2.30 bits per heavy atom. The van der Waals surface area contributed by atoms with Gasteiger partial charge in [0, 0.05) is 43.6 Å². The van der Waals surface area contributed by atoms with E-state index in [2.05, 4.69) is 10.2 Å². The van der Waals surface area contributed by atoms with E-state index in [1.165, 1.54) is 13.1 Å². The molecular weight excluding hydrogens is 292 g/mol. The van der Waals surface area contributed by atoms with Gasteiger partial charge in [-0.2, -0.15) is 5.26 Å². The zero-order chi connectivity index (χ0) is 16.8. The molecule has 120 valence electrons. The highest BCUT2D eigenvalue weighted by atomic mass is 16.2. The first-order valence-corrected chi connectivity index (χ1v) is 7.47. The van der Waals surface area contributed by atoms with Gasteiger partial charge in [0.1, 0.15) is 11.6 Å². The number of anilines is 1. The molecule has 0 unspecified atom stereocenters. The normalized spacial score (nSPS) is 15.9. The molecule has 1 aliphatic rings. The number of hydrogen-bond donors (Lipinski definition) is 1. The quantitative estimate of drug-likeness (QED) is 0.518. The molecule has 1 amide bonds. The van der Waals surface area contributed by atoms with Gasteiger partial charge in [0.25, 0.3) is 5.91 Å². The number of nitrogens with zero attached hydrogens (tertiary/aromatic N) is 3. The summed E-state index contributed by atoms with van der Waals surface area (Å²) >= 11 is 0. The predicted molar refractivity (Wildman–Crippen MR) is 87.8 cm³/mol. The molecule has 0 aliphatic carbocycles. The third kappa shape index (κ3) is 4.41. The molecule has 0 saturated carbocycles. The maximum atomic E-state index is 12.3. The van der Waals surface area contributed by atoms with E-state index in [-0.39, 0.29) is 17.3 Å². The van der Waals surface area contributed by atoms with Crippen LogP contribution in [0.2, 0.25) is 0 Å². The number of carbonyl (C=O) groups excluding carboxylic acids is 2. The van der Waals surface area contributed by atoms with Crippen LogP contribution in [0.5, 0.6) is 0 Å². The van der Waals surface area contributed by atoms with Crippen LogP contribution in [0.15, 0.2) is 36.0 Å². The van der Waals surface area contributed by atoms with Crippen LogP contribution in [0, 0.1) is 11.3 Å². The zero-order valence-electron chi connectivity index (χ0n) is 13.4. The number of Topliss-reactive ketones (excluding diaryl/α,β-unsaturated/α-hetero) is 1. The minimum atomic E-state index is -0.256. The second-order valence-corrected chi connectivity index (χ2v) is 5.54. The lowest BCUT2D eigenvalue weighted by Gasteiger charge is -2.32. The molecule has 1 aliphatic heterocycles.